The molecule has 128 valence electrons. The maximum absolute atomic E-state index is 13.2. The SMILES string of the molecule is CC(C)N(C)Cc1ccccc1CNc1ccc(F)cc1[N+](=O)[O-]. The summed E-state index contributed by atoms with van der Waals surface area (Å²) in [5, 5.41) is 14.1. The number of nitrogens with zero attached hydrogens (tertiary/aromatic N) is 2. The van der Waals surface area contributed by atoms with E-state index in [1.807, 2.05) is 18.2 Å². The summed E-state index contributed by atoms with van der Waals surface area (Å²) in [6, 6.07) is 11.9. The Morgan fingerprint density at radius 1 is 1.21 bits per heavy atom. The average Bonchev–Trinajstić information content (AvgIpc) is 2.54. The lowest BCUT2D eigenvalue weighted by molar-refractivity contribution is -0.384. The van der Waals surface area contributed by atoms with Crippen LogP contribution in [0.3, 0.4) is 0 Å². The Morgan fingerprint density at radius 2 is 1.88 bits per heavy atom. The second kappa shape index (κ2) is 7.88. The Hall–Kier alpha value is -2.47. The quantitative estimate of drug-likeness (QED) is 0.610. The molecule has 1 N–H and O–H groups in total. The molecule has 0 amide bonds. The molecule has 5 nitrogen and oxygen atoms in total. The smallest absolute Gasteiger partial charge is 0.295 e. The first kappa shape index (κ1) is 17.9. The summed E-state index contributed by atoms with van der Waals surface area (Å²) < 4.78 is 13.2. The lowest BCUT2D eigenvalue weighted by atomic mass is 10.1. The minimum Gasteiger partial charge on any atom is -0.375 e. The maximum atomic E-state index is 13.2. The van der Waals surface area contributed by atoms with Gasteiger partial charge in [-0.25, -0.2) is 4.39 Å². The lowest BCUT2D eigenvalue weighted by Gasteiger charge is -2.22. The molecule has 0 spiro atoms. The molecule has 0 heterocycles. The van der Waals surface area contributed by atoms with E-state index in [1.165, 1.54) is 12.1 Å². The number of nitro groups is 1. The van der Waals surface area contributed by atoms with Gasteiger partial charge in [-0.1, -0.05) is 24.3 Å². The van der Waals surface area contributed by atoms with Crippen molar-refractivity contribution in [2.45, 2.75) is 33.0 Å². The Kier molecular flexibility index (Phi) is 5.87. The maximum Gasteiger partial charge on any atom is 0.295 e. The number of halogens is 1. The van der Waals surface area contributed by atoms with E-state index in [-0.39, 0.29) is 5.69 Å². The number of anilines is 1. The molecule has 0 saturated carbocycles. The molecule has 2 aromatic carbocycles. The second-order valence-corrected chi connectivity index (χ2v) is 6.05. The number of hydrogen-bond acceptors (Lipinski definition) is 4. The van der Waals surface area contributed by atoms with Gasteiger partial charge >= 0.3 is 0 Å². The highest BCUT2D eigenvalue weighted by Gasteiger charge is 2.15. The van der Waals surface area contributed by atoms with Crippen LogP contribution in [0.15, 0.2) is 42.5 Å². The summed E-state index contributed by atoms with van der Waals surface area (Å²) in [7, 11) is 2.06. The Labute approximate surface area is 141 Å². The van der Waals surface area contributed by atoms with Gasteiger partial charge in [0.15, 0.2) is 0 Å². The molecular weight excluding hydrogens is 309 g/mol. The van der Waals surface area contributed by atoms with Crippen molar-refractivity contribution in [2.75, 3.05) is 12.4 Å². The first-order valence-corrected chi connectivity index (χ1v) is 7.83. The van der Waals surface area contributed by atoms with Crippen LogP contribution in [0.25, 0.3) is 0 Å². The summed E-state index contributed by atoms with van der Waals surface area (Å²) in [6.07, 6.45) is 0. The van der Waals surface area contributed by atoms with Gasteiger partial charge in [-0.05, 0) is 44.2 Å². The fourth-order valence-electron chi connectivity index (χ4n) is 2.33. The zero-order valence-electron chi connectivity index (χ0n) is 14.1. The van der Waals surface area contributed by atoms with Crippen LogP contribution in [0.2, 0.25) is 0 Å². The third-order valence-electron chi connectivity index (χ3n) is 4.05. The molecule has 0 saturated heterocycles. The van der Waals surface area contributed by atoms with Crippen molar-refractivity contribution in [2.24, 2.45) is 0 Å². The van der Waals surface area contributed by atoms with Gasteiger partial charge in [0.1, 0.15) is 11.5 Å². The summed E-state index contributed by atoms with van der Waals surface area (Å²) in [5.41, 5.74) is 2.27. The van der Waals surface area contributed by atoms with Crippen molar-refractivity contribution in [3.8, 4) is 0 Å². The van der Waals surface area contributed by atoms with E-state index in [9.17, 15) is 14.5 Å². The van der Waals surface area contributed by atoms with Crippen LogP contribution in [0.4, 0.5) is 15.8 Å². The van der Waals surface area contributed by atoms with Crippen molar-refractivity contribution in [3.63, 3.8) is 0 Å². The summed E-state index contributed by atoms with van der Waals surface area (Å²) in [6.45, 7) is 5.49. The molecule has 2 aromatic rings. The van der Waals surface area contributed by atoms with Crippen molar-refractivity contribution >= 4 is 11.4 Å². The van der Waals surface area contributed by atoms with E-state index in [1.54, 1.807) is 0 Å². The fourth-order valence-corrected chi connectivity index (χ4v) is 2.33. The number of hydrogen-bond donors (Lipinski definition) is 1. The van der Waals surface area contributed by atoms with Gasteiger partial charge in [-0.15, -0.1) is 0 Å². The zero-order valence-corrected chi connectivity index (χ0v) is 14.1. The van der Waals surface area contributed by atoms with Gasteiger partial charge in [-0.2, -0.15) is 0 Å². The largest absolute Gasteiger partial charge is 0.375 e. The minimum atomic E-state index is -0.619. The molecule has 0 aromatic heterocycles. The molecular formula is C18H22FN3O2. The fraction of sp³-hybridized carbons (Fsp3) is 0.333. The topological polar surface area (TPSA) is 58.4 Å². The Balaban J connectivity index is 2.17. The van der Waals surface area contributed by atoms with Gasteiger partial charge in [0.2, 0.25) is 0 Å². The summed E-state index contributed by atoms with van der Waals surface area (Å²) in [4.78, 5) is 12.7. The molecule has 0 aliphatic rings. The standard InChI is InChI=1S/C18H22FN3O2/c1-13(2)21(3)12-15-7-5-4-6-14(15)11-20-17-9-8-16(19)10-18(17)22(23)24/h4-10,13,20H,11-12H2,1-3H3. The van der Waals surface area contributed by atoms with Gasteiger partial charge in [0.25, 0.3) is 5.69 Å². The van der Waals surface area contributed by atoms with Crippen LogP contribution in [0.5, 0.6) is 0 Å². The molecule has 0 atom stereocenters. The highest BCUT2D eigenvalue weighted by atomic mass is 19.1. The molecule has 0 fully saturated rings. The van der Waals surface area contributed by atoms with Crippen molar-refractivity contribution in [1.29, 1.82) is 0 Å². The van der Waals surface area contributed by atoms with E-state index < -0.39 is 10.7 Å². The molecule has 0 aliphatic heterocycles. The van der Waals surface area contributed by atoms with Crippen molar-refractivity contribution in [1.82, 2.24) is 4.90 Å². The molecule has 0 radical (unpaired) electrons. The predicted molar refractivity (Wildman–Crippen MR) is 93.4 cm³/mol. The molecule has 6 heteroatoms. The van der Waals surface area contributed by atoms with E-state index in [0.717, 1.165) is 23.7 Å². The first-order chi connectivity index (χ1) is 11.4. The van der Waals surface area contributed by atoms with Crippen LogP contribution in [-0.4, -0.2) is 22.9 Å². The van der Waals surface area contributed by atoms with Crippen LogP contribution in [0.1, 0.15) is 25.0 Å². The first-order valence-electron chi connectivity index (χ1n) is 7.83. The van der Waals surface area contributed by atoms with Crippen LogP contribution >= 0.6 is 0 Å². The third-order valence-corrected chi connectivity index (χ3v) is 4.05. The molecule has 0 unspecified atom stereocenters. The van der Waals surface area contributed by atoms with Gasteiger partial charge in [0.05, 0.1) is 11.0 Å². The second-order valence-electron chi connectivity index (χ2n) is 6.05. The van der Waals surface area contributed by atoms with Gasteiger partial charge in [0, 0.05) is 19.1 Å². The summed E-state index contributed by atoms with van der Waals surface area (Å²) in [5.74, 6) is -0.619. The average molecular weight is 331 g/mol. The third kappa shape index (κ3) is 4.52. The minimum absolute atomic E-state index is 0.258. The van der Waals surface area contributed by atoms with E-state index in [2.05, 4.69) is 37.2 Å². The van der Waals surface area contributed by atoms with Crippen LogP contribution in [0, 0.1) is 15.9 Å². The van der Waals surface area contributed by atoms with Crippen molar-refractivity contribution in [3.05, 3.63) is 69.5 Å². The molecule has 24 heavy (non-hydrogen) atoms. The highest BCUT2D eigenvalue weighted by Crippen LogP contribution is 2.26. The predicted octanol–water partition coefficient (Wildman–Crippen LogP) is 4.19. The van der Waals surface area contributed by atoms with E-state index in [4.69, 9.17) is 0 Å². The molecule has 0 bridgehead atoms. The molecule has 2 rings (SSSR count). The normalized spacial score (nSPS) is 11.1. The lowest BCUT2D eigenvalue weighted by Crippen LogP contribution is -2.26. The van der Waals surface area contributed by atoms with Crippen LogP contribution < -0.4 is 5.32 Å². The van der Waals surface area contributed by atoms with Crippen LogP contribution in [-0.2, 0) is 13.1 Å². The Morgan fingerprint density at radius 3 is 2.50 bits per heavy atom. The van der Waals surface area contributed by atoms with Crippen molar-refractivity contribution < 1.29 is 9.31 Å². The van der Waals surface area contributed by atoms with E-state index >= 15 is 0 Å². The number of rotatable bonds is 7. The highest BCUT2D eigenvalue weighted by molar-refractivity contribution is 5.61. The number of benzene rings is 2. The number of nitro benzene ring substituents is 1. The molecule has 0 aliphatic carbocycles. The monoisotopic (exact) mass is 331 g/mol. The van der Waals surface area contributed by atoms with E-state index in [0.29, 0.717) is 18.3 Å². The Bertz CT molecular complexity index is 719. The number of nitrogens with one attached hydrogen (secondary N) is 1. The summed E-state index contributed by atoms with van der Waals surface area (Å²) >= 11 is 0. The van der Waals surface area contributed by atoms with Gasteiger partial charge in [-0.3, -0.25) is 15.0 Å². The zero-order chi connectivity index (χ0) is 17.7. The van der Waals surface area contributed by atoms with Gasteiger partial charge < -0.3 is 5.32 Å².